The number of carbonyl (C=O) groups excluding carboxylic acids is 2. The molecule has 1 fully saturated rings. The summed E-state index contributed by atoms with van der Waals surface area (Å²) in [4.78, 5) is 37.4. The lowest BCUT2D eigenvalue weighted by atomic mass is 10.0. The highest BCUT2D eigenvalue weighted by Gasteiger charge is 2.28. The molecule has 2 N–H and O–H groups in total. The first-order valence-electron chi connectivity index (χ1n) is 6.33. The number of nitrogens with zero attached hydrogens (tertiary/aromatic N) is 2. The normalized spacial score (nSPS) is 17.6. The van der Waals surface area contributed by atoms with Crippen molar-refractivity contribution in [2.45, 2.75) is 26.3 Å². The smallest absolute Gasteiger partial charge is 0.326 e. The average molecular weight is 271 g/mol. The van der Waals surface area contributed by atoms with Gasteiger partial charge in [0.05, 0.1) is 0 Å². The van der Waals surface area contributed by atoms with Gasteiger partial charge in [-0.15, -0.1) is 0 Å². The van der Waals surface area contributed by atoms with Gasteiger partial charge in [-0.3, -0.25) is 4.79 Å². The number of hydrogen-bond acceptors (Lipinski definition) is 3. The molecule has 7 heteroatoms. The van der Waals surface area contributed by atoms with Crippen LogP contribution in [0.4, 0.5) is 4.79 Å². The van der Waals surface area contributed by atoms with Crippen molar-refractivity contribution < 1.29 is 19.5 Å². The summed E-state index contributed by atoms with van der Waals surface area (Å²) >= 11 is 0. The number of carbonyl (C=O) groups is 3. The number of carboxylic acid groups (broad SMARTS) is 1. The van der Waals surface area contributed by atoms with Gasteiger partial charge in [0, 0.05) is 20.1 Å². The second kappa shape index (κ2) is 6.40. The highest BCUT2D eigenvalue weighted by molar-refractivity contribution is 5.87. The molecule has 3 amide bonds. The SMILES string of the molecule is CC(C)CC(NC(=O)N1CCN(C)C(=O)C1)C(=O)O. The summed E-state index contributed by atoms with van der Waals surface area (Å²) in [5.74, 6) is -1.03. The molecule has 108 valence electrons. The second-order valence-electron chi connectivity index (χ2n) is 5.21. The van der Waals surface area contributed by atoms with Crippen LogP contribution in [0.15, 0.2) is 0 Å². The second-order valence-corrected chi connectivity index (χ2v) is 5.21. The van der Waals surface area contributed by atoms with Gasteiger partial charge in [-0.1, -0.05) is 13.8 Å². The van der Waals surface area contributed by atoms with Gasteiger partial charge < -0.3 is 20.2 Å². The van der Waals surface area contributed by atoms with E-state index in [1.165, 1.54) is 4.90 Å². The van der Waals surface area contributed by atoms with Crippen LogP contribution in [0.3, 0.4) is 0 Å². The van der Waals surface area contributed by atoms with Crippen molar-refractivity contribution in [3.8, 4) is 0 Å². The van der Waals surface area contributed by atoms with Crippen molar-refractivity contribution in [2.75, 3.05) is 26.7 Å². The number of amides is 3. The minimum absolute atomic E-state index is 0.00362. The monoisotopic (exact) mass is 271 g/mol. The molecule has 0 aromatic rings. The fourth-order valence-corrected chi connectivity index (χ4v) is 1.87. The first kappa shape index (κ1) is 15.3. The minimum Gasteiger partial charge on any atom is -0.480 e. The van der Waals surface area contributed by atoms with E-state index in [0.717, 1.165) is 0 Å². The van der Waals surface area contributed by atoms with Crippen LogP contribution in [0.25, 0.3) is 0 Å². The topological polar surface area (TPSA) is 90.0 Å². The van der Waals surface area contributed by atoms with Gasteiger partial charge in [0.15, 0.2) is 0 Å². The summed E-state index contributed by atoms with van der Waals surface area (Å²) < 4.78 is 0. The van der Waals surface area contributed by atoms with Crippen LogP contribution in [-0.2, 0) is 9.59 Å². The highest BCUT2D eigenvalue weighted by Crippen LogP contribution is 2.07. The van der Waals surface area contributed by atoms with Gasteiger partial charge in [-0.2, -0.15) is 0 Å². The maximum Gasteiger partial charge on any atom is 0.326 e. The minimum atomic E-state index is -1.05. The summed E-state index contributed by atoms with van der Waals surface area (Å²) in [7, 11) is 1.68. The van der Waals surface area contributed by atoms with E-state index in [2.05, 4.69) is 5.32 Å². The van der Waals surface area contributed by atoms with E-state index in [1.54, 1.807) is 11.9 Å². The van der Waals surface area contributed by atoms with Crippen molar-refractivity contribution in [3.63, 3.8) is 0 Å². The van der Waals surface area contributed by atoms with Crippen LogP contribution in [0.1, 0.15) is 20.3 Å². The Morgan fingerprint density at radius 3 is 2.47 bits per heavy atom. The van der Waals surface area contributed by atoms with E-state index < -0.39 is 18.0 Å². The van der Waals surface area contributed by atoms with Crippen LogP contribution in [-0.4, -0.2) is 65.5 Å². The lowest BCUT2D eigenvalue weighted by molar-refractivity contribution is -0.139. The summed E-state index contributed by atoms with van der Waals surface area (Å²) in [5.41, 5.74) is 0. The molecular formula is C12H21N3O4. The van der Waals surface area contributed by atoms with Crippen LogP contribution in [0, 0.1) is 5.92 Å². The predicted molar refractivity (Wildman–Crippen MR) is 68.6 cm³/mol. The van der Waals surface area contributed by atoms with Crippen molar-refractivity contribution in [1.82, 2.24) is 15.1 Å². The van der Waals surface area contributed by atoms with Gasteiger partial charge in [0.1, 0.15) is 12.6 Å². The van der Waals surface area contributed by atoms with Crippen molar-refractivity contribution in [3.05, 3.63) is 0 Å². The maximum atomic E-state index is 11.9. The van der Waals surface area contributed by atoms with Crippen LogP contribution in [0.2, 0.25) is 0 Å². The zero-order chi connectivity index (χ0) is 14.6. The molecule has 1 aliphatic heterocycles. The van der Waals surface area contributed by atoms with E-state index in [0.29, 0.717) is 19.5 Å². The Kier molecular flexibility index (Phi) is 5.14. The number of urea groups is 1. The Labute approximate surface area is 112 Å². The summed E-state index contributed by atoms with van der Waals surface area (Å²) in [5, 5.41) is 11.5. The van der Waals surface area contributed by atoms with E-state index in [1.807, 2.05) is 13.8 Å². The standard InChI is InChI=1S/C12H21N3O4/c1-8(2)6-9(11(17)18)13-12(19)15-5-4-14(3)10(16)7-15/h8-9H,4-7H2,1-3H3,(H,13,19)(H,17,18). The largest absolute Gasteiger partial charge is 0.480 e. The quantitative estimate of drug-likeness (QED) is 0.751. The molecule has 0 bridgehead atoms. The van der Waals surface area contributed by atoms with E-state index in [9.17, 15) is 14.4 Å². The first-order chi connectivity index (χ1) is 8.81. The van der Waals surface area contributed by atoms with Gasteiger partial charge >= 0.3 is 12.0 Å². The number of likely N-dealkylation sites (N-methyl/N-ethyl adjacent to an activating group) is 1. The molecular weight excluding hydrogens is 250 g/mol. The van der Waals surface area contributed by atoms with Crippen molar-refractivity contribution >= 4 is 17.9 Å². The van der Waals surface area contributed by atoms with Crippen molar-refractivity contribution in [1.29, 1.82) is 0 Å². The predicted octanol–water partition coefficient (Wildman–Crippen LogP) is -0.0307. The summed E-state index contributed by atoms with van der Waals surface area (Å²) in [6, 6.07) is -1.41. The average Bonchev–Trinajstić information content (AvgIpc) is 2.31. The number of rotatable bonds is 4. The Morgan fingerprint density at radius 2 is 2.00 bits per heavy atom. The Hall–Kier alpha value is -1.79. The lowest BCUT2D eigenvalue weighted by Crippen LogP contribution is -2.56. The third-order valence-electron chi connectivity index (χ3n) is 3.05. The molecule has 0 aromatic heterocycles. The third-order valence-corrected chi connectivity index (χ3v) is 3.05. The molecule has 19 heavy (non-hydrogen) atoms. The first-order valence-corrected chi connectivity index (χ1v) is 6.33. The fraction of sp³-hybridized carbons (Fsp3) is 0.750. The summed E-state index contributed by atoms with van der Waals surface area (Å²) in [6.45, 7) is 4.66. The number of nitrogens with one attached hydrogen (secondary N) is 1. The van der Waals surface area contributed by atoms with Crippen LogP contribution in [0.5, 0.6) is 0 Å². The Morgan fingerprint density at radius 1 is 1.37 bits per heavy atom. The molecule has 1 aliphatic rings. The fourth-order valence-electron chi connectivity index (χ4n) is 1.87. The molecule has 1 atom stereocenters. The highest BCUT2D eigenvalue weighted by atomic mass is 16.4. The van der Waals surface area contributed by atoms with Crippen LogP contribution < -0.4 is 5.32 Å². The van der Waals surface area contributed by atoms with E-state index in [-0.39, 0.29) is 18.4 Å². The molecule has 0 saturated carbocycles. The van der Waals surface area contributed by atoms with Crippen molar-refractivity contribution in [2.24, 2.45) is 5.92 Å². The number of carboxylic acids is 1. The zero-order valence-electron chi connectivity index (χ0n) is 11.5. The molecule has 7 nitrogen and oxygen atoms in total. The van der Waals surface area contributed by atoms with Gasteiger partial charge in [-0.25, -0.2) is 9.59 Å². The third kappa shape index (κ3) is 4.42. The van der Waals surface area contributed by atoms with Crippen LogP contribution >= 0.6 is 0 Å². The molecule has 1 rings (SSSR count). The number of aliphatic carboxylic acids is 1. The van der Waals surface area contributed by atoms with Gasteiger partial charge in [0.25, 0.3) is 0 Å². The van der Waals surface area contributed by atoms with Gasteiger partial charge in [0.2, 0.25) is 5.91 Å². The van der Waals surface area contributed by atoms with E-state index >= 15 is 0 Å². The Bertz CT molecular complexity index is 370. The maximum absolute atomic E-state index is 11.9. The Balaban J connectivity index is 2.57. The molecule has 0 aliphatic carbocycles. The molecule has 1 unspecified atom stereocenters. The van der Waals surface area contributed by atoms with E-state index in [4.69, 9.17) is 5.11 Å². The molecule has 1 saturated heterocycles. The lowest BCUT2D eigenvalue weighted by Gasteiger charge is -2.32. The molecule has 0 aromatic carbocycles. The van der Waals surface area contributed by atoms with Gasteiger partial charge in [-0.05, 0) is 12.3 Å². The molecule has 0 spiro atoms. The molecule has 1 heterocycles. The zero-order valence-corrected chi connectivity index (χ0v) is 11.5. The number of piperazine rings is 1. The molecule has 0 radical (unpaired) electrons. The summed E-state index contributed by atoms with van der Waals surface area (Å²) in [6.07, 6.45) is 0.364. The number of hydrogen-bond donors (Lipinski definition) is 2.